The fourth-order valence-corrected chi connectivity index (χ4v) is 3.25. The molecule has 2 heterocycles. The van der Waals surface area contributed by atoms with Crippen molar-refractivity contribution < 1.29 is 9.53 Å². The van der Waals surface area contributed by atoms with Crippen molar-refractivity contribution in [2.24, 2.45) is 5.73 Å². The third-order valence-electron chi connectivity index (χ3n) is 4.61. The Hall–Kier alpha value is -2.55. The highest BCUT2D eigenvalue weighted by atomic mass is 16.5. The zero-order valence-electron chi connectivity index (χ0n) is 13.4. The summed E-state index contributed by atoms with van der Waals surface area (Å²) in [5.74, 6) is 0.268. The predicted molar refractivity (Wildman–Crippen MR) is 83.8 cm³/mol. The molecule has 0 amide bonds. The van der Waals surface area contributed by atoms with Crippen LogP contribution in [0.1, 0.15) is 57.2 Å². The predicted octanol–water partition coefficient (Wildman–Crippen LogP) is 2.67. The van der Waals surface area contributed by atoms with Crippen molar-refractivity contribution in [1.29, 1.82) is 5.26 Å². The second kappa shape index (κ2) is 5.92. The molecule has 3 rings (SSSR count). The van der Waals surface area contributed by atoms with Gasteiger partial charge in [-0.2, -0.15) is 10.4 Å². The summed E-state index contributed by atoms with van der Waals surface area (Å²) in [6.07, 6.45) is 4.52. The molecule has 0 aromatic carbocycles. The first-order valence-electron chi connectivity index (χ1n) is 7.95. The van der Waals surface area contributed by atoms with Crippen molar-refractivity contribution in [1.82, 2.24) is 9.78 Å². The van der Waals surface area contributed by atoms with Crippen LogP contribution in [0.15, 0.2) is 35.1 Å². The van der Waals surface area contributed by atoms with Gasteiger partial charge in [-0.3, -0.25) is 9.48 Å². The van der Waals surface area contributed by atoms with Gasteiger partial charge in [0.1, 0.15) is 17.4 Å². The number of carbonyl (C=O) groups is 1. The summed E-state index contributed by atoms with van der Waals surface area (Å²) >= 11 is 0. The van der Waals surface area contributed by atoms with Crippen LogP contribution in [0, 0.1) is 11.3 Å². The standard InChI is InChI=1S/C17H20N4O2/c1-3-10(2)21-12(7-8-20-21)15-11(9-18)17(19)23-14-6-4-5-13(22)16(14)15/h7-8,10,15H,3-6,19H2,1-2H3/t10-,15+/m1/s1. The molecule has 1 aromatic rings. The van der Waals surface area contributed by atoms with Crippen molar-refractivity contribution in [3.63, 3.8) is 0 Å². The molecule has 1 aromatic heterocycles. The highest BCUT2D eigenvalue weighted by Gasteiger charge is 2.39. The van der Waals surface area contributed by atoms with Crippen LogP contribution in [0.25, 0.3) is 0 Å². The zero-order chi connectivity index (χ0) is 16.6. The van der Waals surface area contributed by atoms with E-state index in [0.29, 0.717) is 29.7 Å². The van der Waals surface area contributed by atoms with Crippen molar-refractivity contribution in [2.75, 3.05) is 0 Å². The number of hydrogen-bond acceptors (Lipinski definition) is 5. The Balaban J connectivity index is 2.18. The number of nitrogens with zero attached hydrogens (tertiary/aromatic N) is 3. The Morgan fingerprint density at radius 1 is 1.57 bits per heavy atom. The van der Waals surface area contributed by atoms with Crippen LogP contribution in [0.5, 0.6) is 0 Å². The highest BCUT2D eigenvalue weighted by Crippen LogP contribution is 2.43. The second-order valence-electron chi connectivity index (χ2n) is 6.00. The van der Waals surface area contributed by atoms with Crippen LogP contribution in [0.4, 0.5) is 0 Å². The number of nitrogens with two attached hydrogens (primary N) is 1. The van der Waals surface area contributed by atoms with Gasteiger partial charge in [0.2, 0.25) is 5.88 Å². The molecular formula is C17H20N4O2. The Morgan fingerprint density at radius 3 is 3.04 bits per heavy atom. The van der Waals surface area contributed by atoms with Gasteiger partial charge in [0.25, 0.3) is 0 Å². The number of ether oxygens (including phenoxy) is 1. The van der Waals surface area contributed by atoms with Crippen molar-refractivity contribution in [3.8, 4) is 6.07 Å². The number of nitriles is 1. The summed E-state index contributed by atoms with van der Waals surface area (Å²) in [6.45, 7) is 4.14. The van der Waals surface area contributed by atoms with Gasteiger partial charge in [-0.1, -0.05) is 6.92 Å². The third-order valence-corrected chi connectivity index (χ3v) is 4.61. The van der Waals surface area contributed by atoms with E-state index >= 15 is 0 Å². The maximum Gasteiger partial charge on any atom is 0.205 e. The van der Waals surface area contributed by atoms with E-state index in [-0.39, 0.29) is 17.7 Å². The fourth-order valence-electron chi connectivity index (χ4n) is 3.25. The molecule has 0 spiro atoms. The Kier molecular flexibility index (Phi) is 3.95. The zero-order valence-corrected chi connectivity index (χ0v) is 13.4. The van der Waals surface area contributed by atoms with Gasteiger partial charge in [0.05, 0.1) is 11.6 Å². The molecule has 2 atom stereocenters. The Labute approximate surface area is 135 Å². The summed E-state index contributed by atoms with van der Waals surface area (Å²) in [5.41, 5.74) is 7.65. The number of hydrogen-bond donors (Lipinski definition) is 1. The molecule has 0 unspecified atom stereocenters. The number of allylic oxidation sites excluding steroid dienone is 3. The number of carbonyl (C=O) groups excluding carboxylic acids is 1. The molecule has 0 bridgehead atoms. The summed E-state index contributed by atoms with van der Waals surface area (Å²) < 4.78 is 7.47. The monoisotopic (exact) mass is 312 g/mol. The third kappa shape index (κ3) is 2.42. The van der Waals surface area contributed by atoms with E-state index in [9.17, 15) is 10.1 Å². The van der Waals surface area contributed by atoms with E-state index < -0.39 is 5.92 Å². The fraction of sp³-hybridized carbons (Fsp3) is 0.471. The van der Waals surface area contributed by atoms with E-state index in [4.69, 9.17) is 10.5 Å². The van der Waals surface area contributed by atoms with Crippen LogP contribution in [0.3, 0.4) is 0 Å². The Bertz CT molecular complexity index is 751. The van der Waals surface area contributed by atoms with Crippen molar-refractivity contribution in [2.45, 2.75) is 51.5 Å². The molecule has 0 radical (unpaired) electrons. The minimum Gasteiger partial charge on any atom is -0.444 e. The number of Topliss-reactive ketones (excluding diaryl/α,β-unsaturated/α-hetero) is 1. The molecule has 6 heteroatoms. The minimum atomic E-state index is -0.479. The first-order valence-corrected chi connectivity index (χ1v) is 7.95. The average Bonchev–Trinajstić information content (AvgIpc) is 3.02. The maximum absolute atomic E-state index is 12.5. The molecule has 0 saturated carbocycles. The van der Waals surface area contributed by atoms with E-state index in [2.05, 4.69) is 25.0 Å². The normalized spacial score (nSPS) is 22.5. The van der Waals surface area contributed by atoms with Gasteiger partial charge in [-0.25, -0.2) is 0 Å². The molecule has 0 fully saturated rings. The van der Waals surface area contributed by atoms with Gasteiger partial charge in [0.15, 0.2) is 5.78 Å². The number of ketones is 1. The first-order chi connectivity index (χ1) is 11.1. The molecule has 6 nitrogen and oxygen atoms in total. The first kappa shape index (κ1) is 15.3. The second-order valence-corrected chi connectivity index (χ2v) is 6.00. The van der Waals surface area contributed by atoms with E-state index in [1.807, 2.05) is 10.7 Å². The van der Waals surface area contributed by atoms with Gasteiger partial charge >= 0.3 is 0 Å². The van der Waals surface area contributed by atoms with Gasteiger partial charge < -0.3 is 10.5 Å². The van der Waals surface area contributed by atoms with Gasteiger partial charge in [0, 0.05) is 30.7 Å². The van der Waals surface area contributed by atoms with Gasteiger partial charge in [-0.05, 0) is 25.8 Å². The summed E-state index contributed by atoms with van der Waals surface area (Å²) in [5, 5.41) is 14.0. The lowest BCUT2D eigenvalue weighted by atomic mass is 9.79. The lowest BCUT2D eigenvalue weighted by molar-refractivity contribution is -0.116. The molecule has 1 aliphatic carbocycles. The lowest BCUT2D eigenvalue weighted by Gasteiger charge is -2.31. The maximum atomic E-state index is 12.5. The van der Waals surface area contributed by atoms with Crippen LogP contribution in [-0.4, -0.2) is 15.6 Å². The molecule has 2 N–H and O–H groups in total. The molecule has 2 aliphatic rings. The summed E-state index contributed by atoms with van der Waals surface area (Å²) in [4.78, 5) is 12.5. The van der Waals surface area contributed by atoms with Gasteiger partial charge in [-0.15, -0.1) is 0 Å². The van der Waals surface area contributed by atoms with E-state index in [1.165, 1.54) is 0 Å². The molecule has 23 heavy (non-hydrogen) atoms. The lowest BCUT2D eigenvalue weighted by Crippen LogP contribution is -2.29. The van der Waals surface area contributed by atoms with Crippen molar-refractivity contribution in [3.05, 3.63) is 40.7 Å². The number of rotatable bonds is 3. The van der Waals surface area contributed by atoms with Crippen LogP contribution < -0.4 is 5.73 Å². The van der Waals surface area contributed by atoms with Crippen molar-refractivity contribution >= 4 is 5.78 Å². The molecular weight excluding hydrogens is 292 g/mol. The average molecular weight is 312 g/mol. The molecule has 0 saturated heterocycles. The van der Waals surface area contributed by atoms with E-state index in [0.717, 1.165) is 18.5 Å². The van der Waals surface area contributed by atoms with E-state index in [1.54, 1.807) is 6.20 Å². The summed E-state index contributed by atoms with van der Waals surface area (Å²) in [7, 11) is 0. The smallest absolute Gasteiger partial charge is 0.205 e. The largest absolute Gasteiger partial charge is 0.444 e. The SMILES string of the molecule is CC[C@@H](C)n1nccc1[C@@H]1C(C#N)=C(N)OC2=C1C(=O)CCC2. The molecule has 120 valence electrons. The van der Waals surface area contributed by atoms with Crippen LogP contribution >= 0.6 is 0 Å². The molecule has 1 aliphatic heterocycles. The minimum absolute atomic E-state index is 0.0356. The van der Waals surface area contributed by atoms with Crippen LogP contribution in [-0.2, 0) is 9.53 Å². The highest BCUT2D eigenvalue weighted by molar-refractivity contribution is 5.99. The quantitative estimate of drug-likeness (QED) is 0.926. The number of aromatic nitrogens is 2. The summed E-state index contributed by atoms with van der Waals surface area (Å²) in [6, 6.07) is 4.17. The Morgan fingerprint density at radius 2 is 2.35 bits per heavy atom. The topological polar surface area (TPSA) is 93.9 Å². The van der Waals surface area contributed by atoms with Crippen LogP contribution in [0.2, 0.25) is 0 Å².